The summed E-state index contributed by atoms with van der Waals surface area (Å²) in [5, 5.41) is 22.3. The van der Waals surface area contributed by atoms with Gasteiger partial charge in [0.1, 0.15) is 5.69 Å². The van der Waals surface area contributed by atoms with E-state index in [9.17, 15) is 36.2 Å². The predicted molar refractivity (Wildman–Crippen MR) is 239 cm³/mol. The Kier molecular flexibility index (Phi) is 16.2. The second-order valence-corrected chi connectivity index (χ2v) is 19.6. The van der Waals surface area contributed by atoms with Gasteiger partial charge in [0.15, 0.2) is 5.60 Å². The normalized spacial score (nSPS) is 30.8. The molecular formula is C51H66F6N2O7. The molecule has 5 aliphatic heterocycles. The lowest BCUT2D eigenvalue weighted by Gasteiger charge is -2.56. The van der Waals surface area contributed by atoms with Crippen molar-refractivity contribution >= 4 is 16.9 Å². The van der Waals surface area contributed by atoms with Crippen LogP contribution in [0.4, 0.5) is 26.3 Å². The first-order chi connectivity index (χ1) is 31.0. The van der Waals surface area contributed by atoms with Crippen molar-refractivity contribution in [3.05, 3.63) is 99.8 Å². The molecule has 3 N–H and O–H groups in total. The van der Waals surface area contributed by atoms with Crippen molar-refractivity contribution in [1.29, 1.82) is 0 Å². The van der Waals surface area contributed by atoms with Gasteiger partial charge in [-0.3, -0.25) is 4.79 Å². The Morgan fingerprint density at radius 1 is 0.955 bits per heavy atom. The fourth-order valence-corrected chi connectivity index (χ4v) is 10.5. The average Bonchev–Trinajstić information content (AvgIpc) is 3.48. The van der Waals surface area contributed by atoms with E-state index in [1.807, 2.05) is 32.9 Å². The smallest absolute Gasteiger partial charge is 0.432 e. The zero-order valence-electron chi connectivity index (χ0n) is 39.1. The summed E-state index contributed by atoms with van der Waals surface area (Å²) < 4.78 is 90.8. The quantitative estimate of drug-likeness (QED) is 0.108. The number of aromatic nitrogens is 1. The highest BCUT2D eigenvalue weighted by atomic mass is 19.4. The molecule has 6 fully saturated rings. The first kappa shape index (κ1) is 51.5. The van der Waals surface area contributed by atoms with Crippen LogP contribution in [-0.2, 0) is 36.4 Å². The number of hydrogen-bond donors (Lipinski definition) is 3. The lowest BCUT2D eigenvalue weighted by molar-refractivity contribution is -0.557. The second-order valence-electron chi connectivity index (χ2n) is 19.6. The number of aliphatic hydroxyl groups excluding tert-OH is 2. The number of nitrogens with one attached hydrogen (secondary N) is 1. The highest BCUT2D eigenvalue weighted by molar-refractivity contribution is 5.86. The van der Waals surface area contributed by atoms with Gasteiger partial charge in [-0.05, 0) is 120 Å². The zero-order valence-corrected chi connectivity index (χ0v) is 39.1. The van der Waals surface area contributed by atoms with Gasteiger partial charge < -0.3 is 25.0 Å². The lowest BCUT2D eigenvalue weighted by Crippen LogP contribution is -2.68. The highest BCUT2D eigenvalue weighted by Gasteiger charge is 2.68. The van der Waals surface area contributed by atoms with Crippen molar-refractivity contribution in [2.75, 3.05) is 13.2 Å². The molecule has 1 aromatic heterocycles. The Bertz CT molecular complexity index is 2210. The molecule has 9 rings (SSSR count). The topological polar surface area (TPSA) is 119 Å². The van der Waals surface area contributed by atoms with Crippen LogP contribution in [0.15, 0.2) is 83.0 Å². The third-order valence-electron chi connectivity index (χ3n) is 14.2. The number of ether oxygens (including phenoxy) is 2. The zero-order chi connectivity index (χ0) is 48.2. The van der Waals surface area contributed by atoms with Gasteiger partial charge in [0.2, 0.25) is 12.1 Å². The Balaban J connectivity index is 0.000000166. The van der Waals surface area contributed by atoms with Crippen LogP contribution < -0.4 is 5.32 Å². The number of para-hydroxylation sites is 1. The lowest BCUT2D eigenvalue weighted by atomic mass is 9.61. The molecule has 0 amide bonds. The van der Waals surface area contributed by atoms with Crippen molar-refractivity contribution in [3.8, 4) is 0 Å². The highest BCUT2D eigenvalue weighted by Crippen LogP contribution is 2.58. The van der Waals surface area contributed by atoms with Crippen LogP contribution >= 0.6 is 0 Å². The molecule has 1 spiro atoms. The summed E-state index contributed by atoms with van der Waals surface area (Å²) in [5.41, 5.74) is 1.36. The van der Waals surface area contributed by atoms with Gasteiger partial charge in [-0.2, -0.15) is 26.3 Å². The molecular weight excluding hydrogens is 867 g/mol. The monoisotopic (exact) mass is 932 g/mol. The first-order valence-corrected chi connectivity index (χ1v) is 23.3. The number of aliphatic hydroxyl groups is 2. The maximum absolute atomic E-state index is 13.2. The number of halogens is 6. The van der Waals surface area contributed by atoms with Crippen LogP contribution in [-0.4, -0.2) is 58.0 Å². The van der Waals surface area contributed by atoms with E-state index in [0.717, 1.165) is 56.6 Å². The van der Waals surface area contributed by atoms with Crippen LogP contribution in [0.25, 0.3) is 10.9 Å². The first-order valence-electron chi connectivity index (χ1n) is 23.3. The minimum absolute atomic E-state index is 0.0985. The van der Waals surface area contributed by atoms with Gasteiger partial charge in [0.05, 0.1) is 29.7 Å². The van der Waals surface area contributed by atoms with Gasteiger partial charge in [-0.25, -0.2) is 14.8 Å². The molecule has 2 bridgehead atoms. The standard InChI is InChI=1S/C20H30O.C17H16F6N2O.C14H20O5/c1-16(8-6-9-17(2)13-15-21)11-12-19-18(3)10-7-14-20(19,4)5;18-16(19,20)11-5-3-4-9-10(15(26)12-6-1-2-7-24-12)8-13(17(21,22)23)25-14(9)11;1-8-10-5-3-4-9-6-7-13(2)17-12(16-11(8)15)14(9,10)19-18-13/h6,8-9,11-13,21H,7,10,14-15H2,1-5H3;3-5,8,12,15,24,26H,1-2,6-7H2;8-10,12H,3-7H2,1-2H3/b9-6+,12-11+,16-8+,17-13+;;/t;;8-,9-,10+,12-,13+,14-/m..1/s1. The number of allylic oxidation sites excluding steroid dienone is 9. The Labute approximate surface area is 384 Å². The molecule has 8 atom stereocenters. The molecule has 7 aliphatic rings. The SMILES string of the molecule is CC1=C(/C=C/C(C)=C/C=C/C(C)=C/CO)C(C)(C)CCC1.C[C@H]1C(=O)O[C@@H]2O[C@]3(C)CC[C@H]4CCC[C@@H]1[C@]42OO3.OC(c1cc(C(F)(F)F)nc2c(C(F)(F)F)cccc12)C1CCCCN1. The maximum Gasteiger partial charge on any atom is 0.433 e. The summed E-state index contributed by atoms with van der Waals surface area (Å²) in [6, 6.07) is 3.16. The number of esters is 1. The third kappa shape index (κ3) is 11.5. The summed E-state index contributed by atoms with van der Waals surface area (Å²) in [5.74, 6) is -0.593. The number of hydrogen-bond acceptors (Lipinski definition) is 9. The largest absolute Gasteiger partial charge is 0.433 e. The number of fused-ring (bicyclic) bond motifs is 3. The van der Waals surface area contributed by atoms with Crippen molar-refractivity contribution in [1.82, 2.24) is 10.3 Å². The molecule has 1 aromatic carbocycles. The van der Waals surface area contributed by atoms with Gasteiger partial charge >= 0.3 is 18.3 Å². The predicted octanol–water partition coefficient (Wildman–Crippen LogP) is 12.1. The molecule has 9 nitrogen and oxygen atoms in total. The molecule has 6 heterocycles. The molecule has 2 aliphatic carbocycles. The maximum atomic E-state index is 13.2. The van der Waals surface area contributed by atoms with Crippen molar-refractivity contribution in [3.63, 3.8) is 0 Å². The van der Waals surface area contributed by atoms with E-state index in [1.54, 1.807) is 6.08 Å². The molecule has 15 heteroatoms. The van der Waals surface area contributed by atoms with Crippen LogP contribution in [0.5, 0.6) is 0 Å². The van der Waals surface area contributed by atoms with Crippen molar-refractivity contribution in [2.24, 2.45) is 23.2 Å². The third-order valence-corrected chi connectivity index (χ3v) is 14.2. The number of benzene rings is 1. The van der Waals surface area contributed by atoms with Gasteiger partial charge in [-0.15, -0.1) is 0 Å². The molecule has 0 radical (unpaired) electrons. The van der Waals surface area contributed by atoms with Gasteiger partial charge in [0.25, 0.3) is 0 Å². The van der Waals surface area contributed by atoms with Gasteiger partial charge in [-0.1, -0.05) is 98.9 Å². The number of alkyl halides is 6. The summed E-state index contributed by atoms with van der Waals surface area (Å²) in [6.07, 6.45) is 11.7. The number of nitrogens with zero attached hydrogens (tertiary/aromatic N) is 1. The van der Waals surface area contributed by atoms with E-state index in [1.165, 1.54) is 42.0 Å². The van der Waals surface area contributed by atoms with Crippen LogP contribution in [0.2, 0.25) is 0 Å². The summed E-state index contributed by atoms with van der Waals surface area (Å²) >= 11 is 0. The fraction of sp³-hybridized carbons (Fsp3) is 0.608. The minimum Gasteiger partial charge on any atom is -0.432 e. The molecule has 2 unspecified atom stereocenters. The van der Waals surface area contributed by atoms with Crippen molar-refractivity contribution < 1.29 is 60.6 Å². The number of rotatable bonds is 7. The Hall–Kier alpha value is -3.86. The van der Waals surface area contributed by atoms with E-state index >= 15 is 0 Å². The minimum atomic E-state index is -4.93. The second kappa shape index (κ2) is 20.8. The van der Waals surface area contributed by atoms with E-state index in [4.69, 9.17) is 24.4 Å². The number of pyridine rings is 1. The molecule has 5 saturated heterocycles. The average molecular weight is 933 g/mol. The number of carbonyl (C=O) groups excluding carboxylic acids is 1. The number of carbonyl (C=O) groups is 1. The summed E-state index contributed by atoms with van der Waals surface area (Å²) in [7, 11) is 0. The van der Waals surface area contributed by atoms with E-state index in [2.05, 4.69) is 56.2 Å². The fourth-order valence-electron chi connectivity index (χ4n) is 10.5. The summed E-state index contributed by atoms with van der Waals surface area (Å²) in [4.78, 5) is 26.7. The molecule has 66 heavy (non-hydrogen) atoms. The Morgan fingerprint density at radius 2 is 1.71 bits per heavy atom. The number of piperidine rings is 1. The van der Waals surface area contributed by atoms with Crippen LogP contribution in [0.1, 0.15) is 142 Å². The molecule has 364 valence electrons. The van der Waals surface area contributed by atoms with Crippen LogP contribution in [0, 0.1) is 23.2 Å². The van der Waals surface area contributed by atoms with E-state index < -0.39 is 59.0 Å². The van der Waals surface area contributed by atoms with E-state index in [-0.39, 0.29) is 35.4 Å². The Morgan fingerprint density at radius 3 is 2.38 bits per heavy atom. The van der Waals surface area contributed by atoms with E-state index in [0.29, 0.717) is 36.4 Å². The summed E-state index contributed by atoms with van der Waals surface area (Å²) in [6.45, 7) is 15.5. The van der Waals surface area contributed by atoms with Gasteiger partial charge in [0, 0.05) is 23.8 Å². The van der Waals surface area contributed by atoms with Crippen LogP contribution in [0.3, 0.4) is 0 Å². The molecule has 1 saturated carbocycles. The van der Waals surface area contributed by atoms with Crippen molar-refractivity contribution in [2.45, 2.75) is 161 Å². The molecule has 2 aromatic rings.